The van der Waals surface area contributed by atoms with Crippen LogP contribution in [0.5, 0.6) is 23.0 Å². The van der Waals surface area contributed by atoms with Crippen LogP contribution < -0.4 is 18.9 Å². The summed E-state index contributed by atoms with van der Waals surface area (Å²) in [7, 11) is 6.57. The fraction of sp³-hybridized carbons (Fsp3) is 0.464. The Morgan fingerprint density at radius 2 is 1.63 bits per heavy atom. The molecule has 1 saturated heterocycles. The predicted octanol–water partition coefficient (Wildman–Crippen LogP) is 4.03. The van der Waals surface area contributed by atoms with Gasteiger partial charge in [-0.15, -0.1) is 0 Å². The third kappa shape index (κ3) is 5.90. The van der Waals surface area contributed by atoms with Crippen molar-refractivity contribution in [2.24, 2.45) is 5.92 Å². The van der Waals surface area contributed by atoms with E-state index in [1.54, 1.807) is 28.4 Å². The fourth-order valence-electron chi connectivity index (χ4n) is 5.03. The number of likely N-dealkylation sites (tertiary alicyclic amines) is 1. The molecule has 7 heteroatoms. The lowest BCUT2D eigenvalue weighted by atomic mass is 9.96. The number of fused-ring (bicyclic) bond motifs is 1. The molecular formula is C28H36N2O5. The Morgan fingerprint density at radius 3 is 2.37 bits per heavy atom. The van der Waals surface area contributed by atoms with Gasteiger partial charge in [-0.25, -0.2) is 0 Å². The maximum absolute atomic E-state index is 13.1. The number of hydrogen-bond acceptors (Lipinski definition) is 6. The molecule has 7 nitrogen and oxygen atoms in total. The molecule has 0 aliphatic carbocycles. The van der Waals surface area contributed by atoms with E-state index in [-0.39, 0.29) is 5.91 Å². The maximum atomic E-state index is 13.1. The summed E-state index contributed by atoms with van der Waals surface area (Å²) >= 11 is 0. The highest BCUT2D eigenvalue weighted by atomic mass is 16.5. The number of carbonyl (C=O) groups excluding carboxylic acids is 1. The quantitative estimate of drug-likeness (QED) is 0.540. The number of piperidine rings is 1. The molecule has 2 aliphatic heterocycles. The molecule has 188 valence electrons. The molecule has 0 saturated carbocycles. The van der Waals surface area contributed by atoms with Crippen LogP contribution in [0.25, 0.3) is 6.08 Å². The Labute approximate surface area is 208 Å². The van der Waals surface area contributed by atoms with Crippen molar-refractivity contribution in [2.75, 3.05) is 54.6 Å². The molecule has 0 radical (unpaired) electrons. The summed E-state index contributed by atoms with van der Waals surface area (Å²) in [6.07, 6.45) is 7.55. The summed E-state index contributed by atoms with van der Waals surface area (Å²) in [6.45, 7) is 3.82. The van der Waals surface area contributed by atoms with Crippen LogP contribution in [-0.4, -0.2) is 70.3 Å². The van der Waals surface area contributed by atoms with Crippen molar-refractivity contribution in [3.8, 4) is 23.0 Å². The number of amides is 1. The first-order chi connectivity index (χ1) is 17.0. The van der Waals surface area contributed by atoms with E-state index in [4.69, 9.17) is 18.9 Å². The van der Waals surface area contributed by atoms with E-state index in [9.17, 15) is 4.79 Å². The molecule has 0 bridgehead atoms. The molecule has 2 aromatic carbocycles. The summed E-state index contributed by atoms with van der Waals surface area (Å²) in [6, 6.07) is 9.98. The molecule has 35 heavy (non-hydrogen) atoms. The van der Waals surface area contributed by atoms with Gasteiger partial charge in [0.2, 0.25) is 5.91 Å². The first-order valence-corrected chi connectivity index (χ1v) is 12.2. The van der Waals surface area contributed by atoms with Crippen molar-refractivity contribution in [1.82, 2.24) is 9.80 Å². The van der Waals surface area contributed by atoms with Gasteiger partial charge in [0, 0.05) is 25.8 Å². The van der Waals surface area contributed by atoms with Gasteiger partial charge in [0.25, 0.3) is 0 Å². The second kappa shape index (κ2) is 11.5. The lowest BCUT2D eigenvalue weighted by Crippen LogP contribution is -2.42. The predicted molar refractivity (Wildman–Crippen MR) is 136 cm³/mol. The average Bonchev–Trinajstić information content (AvgIpc) is 3.04. The highest BCUT2D eigenvalue weighted by molar-refractivity contribution is 5.84. The molecule has 4 rings (SSSR count). The number of carbonyl (C=O) groups is 1. The number of benzene rings is 2. The Kier molecular flexibility index (Phi) is 8.18. The summed E-state index contributed by atoms with van der Waals surface area (Å²) in [5, 5.41) is 0. The molecule has 0 N–H and O–H groups in total. The third-order valence-corrected chi connectivity index (χ3v) is 6.96. The Morgan fingerprint density at radius 1 is 0.914 bits per heavy atom. The largest absolute Gasteiger partial charge is 0.493 e. The zero-order chi connectivity index (χ0) is 24.8. The standard InChI is InChI=1S/C28H36N2O5/c1-32-24-8-7-20(14-25(24)33-2)9-12-29-11-5-6-21(18-29)19-30-13-10-22-15-26(34-3)27(35-4)16-23(22)17-28(30)31/h7-8,10,13-16,21H,5-6,9,11-12,17-19H2,1-4H3. The van der Waals surface area contributed by atoms with Crippen molar-refractivity contribution in [2.45, 2.75) is 25.7 Å². The van der Waals surface area contributed by atoms with Gasteiger partial charge in [0.15, 0.2) is 23.0 Å². The minimum atomic E-state index is 0.120. The lowest BCUT2D eigenvalue weighted by molar-refractivity contribution is -0.128. The second-order valence-electron chi connectivity index (χ2n) is 9.19. The molecule has 0 spiro atoms. The van der Waals surface area contributed by atoms with E-state index >= 15 is 0 Å². The van der Waals surface area contributed by atoms with Crippen molar-refractivity contribution < 1.29 is 23.7 Å². The number of methoxy groups -OCH3 is 4. The number of ether oxygens (including phenoxy) is 4. The molecule has 1 unspecified atom stereocenters. The highest BCUT2D eigenvalue weighted by Gasteiger charge is 2.25. The number of nitrogens with zero attached hydrogens (tertiary/aromatic N) is 2. The Balaban J connectivity index is 1.36. The van der Waals surface area contributed by atoms with Crippen molar-refractivity contribution in [3.63, 3.8) is 0 Å². The Hall–Kier alpha value is -3.19. The first-order valence-electron chi connectivity index (χ1n) is 12.2. The fourth-order valence-corrected chi connectivity index (χ4v) is 5.03. The van der Waals surface area contributed by atoms with Crippen LogP contribution in [-0.2, 0) is 17.6 Å². The van der Waals surface area contributed by atoms with E-state index in [1.165, 1.54) is 5.56 Å². The van der Waals surface area contributed by atoms with Gasteiger partial charge in [0.05, 0.1) is 34.9 Å². The maximum Gasteiger partial charge on any atom is 0.230 e. The van der Waals surface area contributed by atoms with Gasteiger partial charge in [-0.1, -0.05) is 6.07 Å². The Bertz CT molecular complexity index is 1070. The van der Waals surface area contributed by atoms with Crippen LogP contribution in [0.1, 0.15) is 29.5 Å². The van der Waals surface area contributed by atoms with Crippen LogP contribution in [0.15, 0.2) is 36.5 Å². The molecule has 2 aromatic rings. The topological polar surface area (TPSA) is 60.5 Å². The van der Waals surface area contributed by atoms with Crippen LogP contribution in [0.2, 0.25) is 0 Å². The number of hydrogen-bond donors (Lipinski definition) is 0. The summed E-state index contributed by atoms with van der Waals surface area (Å²) < 4.78 is 21.6. The van der Waals surface area contributed by atoms with Gasteiger partial charge in [0.1, 0.15) is 0 Å². The third-order valence-electron chi connectivity index (χ3n) is 6.96. The average molecular weight is 481 g/mol. The second-order valence-corrected chi connectivity index (χ2v) is 9.19. The van der Waals surface area contributed by atoms with Crippen molar-refractivity contribution in [1.29, 1.82) is 0 Å². The number of rotatable bonds is 9. The van der Waals surface area contributed by atoms with E-state index in [1.807, 2.05) is 35.4 Å². The van der Waals surface area contributed by atoms with E-state index in [0.717, 1.165) is 68.1 Å². The van der Waals surface area contributed by atoms with E-state index in [0.29, 0.717) is 23.8 Å². The first kappa shape index (κ1) is 24.9. The minimum Gasteiger partial charge on any atom is -0.493 e. The van der Waals surface area contributed by atoms with Gasteiger partial charge >= 0.3 is 0 Å². The smallest absolute Gasteiger partial charge is 0.230 e. The molecule has 1 fully saturated rings. The van der Waals surface area contributed by atoms with Gasteiger partial charge in [-0.2, -0.15) is 0 Å². The zero-order valence-electron chi connectivity index (χ0n) is 21.2. The van der Waals surface area contributed by atoms with E-state index in [2.05, 4.69) is 17.0 Å². The van der Waals surface area contributed by atoms with Gasteiger partial charge in [-0.05, 0) is 78.8 Å². The van der Waals surface area contributed by atoms with Crippen molar-refractivity contribution >= 4 is 12.0 Å². The van der Waals surface area contributed by atoms with Gasteiger partial charge < -0.3 is 28.7 Å². The SMILES string of the molecule is COc1ccc(CCN2CCCC(CN3C=Cc4cc(OC)c(OC)cc4CC3=O)C2)cc1OC. The molecular weight excluding hydrogens is 444 g/mol. The van der Waals surface area contributed by atoms with E-state index < -0.39 is 0 Å². The molecule has 2 heterocycles. The minimum absolute atomic E-state index is 0.120. The van der Waals surface area contributed by atoms with Crippen LogP contribution in [0, 0.1) is 5.92 Å². The molecule has 2 aliphatic rings. The normalized spacial score (nSPS) is 18.1. The molecule has 1 atom stereocenters. The van der Waals surface area contributed by atoms with Crippen molar-refractivity contribution in [3.05, 3.63) is 53.2 Å². The molecule has 1 amide bonds. The van der Waals surface area contributed by atoms with Crippen LogP contribution in [0.4, 0.5) is 0 Å². The monoisotopic (exact) mass is 480 g/mol. The van der Waals surface area contributed by atoms with Crippen LogP contribution >= 0.6 is 0 Å². The highest BCUT2D eigenvalue weighted by Crippen LogP contribution is 2.33. The summed E-state index contributed by atoms with van der Waals surface area (Å²) in [4.78, 5) is 17.5. The van der Waals surface area contributed by atoms with Gasteiger partial charge in [-0.3, -0.25) is 4.79 Å². The summed E-state index contributed by atoms with van der Waals surface area (Å²) in [5.74, 6) is 3.42. The zero-order valence-corrected chi connectivity index (χ0v) is 21.2. The summed E-state index contributed by atoms with van der Waals surface area (Å²) in [5.41, 5.74) is 3.20. The molecule has 0 aromatic heterocycles. The lowest BCUT2D eigenvalue weighted by Gasteiger charge is -2.34. The van der Waals surface area contributed by atoms with Crippen LogP contribution in [0.3, 0.4) is 0 Å².